The SMILES string of the molecule is Cn1cccc1C(=O)N1CC[C@@H]2OCCN(c3cccnc3)[C@@H]2CC1. The van der Waals surface area contributed by atoms with Crippen molar-refractivity contribution in [1.29, 1.82) is 0 Å². The summed E-state index contributed by atoms with van der Waals surface area (Å²) in [5, 5.41) is 0. The topological polar surface area (TPSA) is 50.6 Å². The summed E-state index contributed by atoms with van der Waals surface area (Å²) in [5.41, 5.74) is 1.89. The molecule has 6 heteroatoms. The van der Waals surface area contributed by atoms with Crippen molar-refractivity contribution in [3.63, 3.8) is 0 Å². The van der Waals surface area contributed by atoms with E-state index in [-0.39, 0.29) is 12.0 Å². The van der Waals surface area contributed by atoms with Gasteiger partial charge >= 0.3 is 0 Å². The van der Waals surface area contributed by atoms with Gasteiger partial charge < -0.3 is 19.1 Å². The highest BCUT2D eigenvalue weighted by molar-refractivity contribution is 5.92. The van der Waals surface area contributed by atoms with E-state index >= 15 is 0 Å². The zero-order chi connectivity index (χ0) is 17.2. The molecule has 2 fully saturated rings. The van der Waals surface area contributed by atoms with Crippen LogP contribution in [-0.2, 0) is 11.8 Å². The molecule has 25 heavy (non-hydrogen) atoms. The van der Waals surface area contributed by atoms with E-state index in [0.717, 1.165) is 50.5 Å². The molecule has 0 bridgehead atoms. The van der Waals surface area contributed by atoms with Crippen LogP contribution in [-0.4, -0.2) is 58.7 Å². The van der Waals surface area contributed by atoms with Crippen LogP contribution in [0.5, 0.6) is 0 Å². The molecule has 2 aliphatic heterocycles. The van der Waals surface area contributed by atoms with Gasteiger partial charge in [-0.15, -0.1) is 0 Å². The normalized spacial score (nSPS) is 23.9. The van der Waals surface area contributed by atoms with Gasteiger partial charge in [0.05, 0.1) is 30.6 Å². The van der Waals surface area contributed by atoms with Crippen molar-refractivity contribution in [2.24, 2.45) is 7.05 Å². The maximum atomic E-state index is 12.8. The molecular formula is C19H24N4O2. The summed E-state index contributed by atoms with van der Waals surface area (Å²) in [4.78, 5) is 21.5. The van der Waals surface area contributed by atoms with Gasteiger partial charge in [-0.25, -0.2) is 0 Å². The summed E-state index contributed by atoms with van der Waals surface area (Å²) in [6.45, 7) is 3.10. The lowest BCUT2D eigenvalue weighted by molar-refractivity contribution is 0.00906. The zero-order valence-corrected chi connectivity index (χ0v) is 14.5. The summed E-state index contributed by atoms with van der Waals surface area (Å²) in [7, 11) is 1.91. The molecule has 0 radical (unpaired) electrons. The number of nitrogens with zero attached hydrogens (tertiary/aromatic N) is 4. The number of anilines is 1. The lowest BCUT2D eigenvalue weighted by Crippen LogP contribution is -2.51. The van der Waals surface area contributed by atoms with Gasteiger partial charge in [-0.2, -0.15) is 0 Å². The minimum atomic E-state index is 0.110. The first-order valence-electron chi connectivity index (χ1n) is 8.93. The zero-order valence-electron chi connectivity index (χ0n) is 14.5. The second-order valence-corrected chi connectivity index (χ2v) is 6.76. The predicted octanol–water partition coefficient (Wildman–Crippen LogP) is 1.93. The van der Waals surface area contributed by atoms with Gasteiger partial charge in [-0.05, 0) is 37.1 Å². The van der Waals surface area contributed by atoms with Crippen molar-refractivity contribution >= 4 is 11.6 Å². The van der Waals surface area contributed by atoms with E-state index in [9.17, 15) is 4.79 Å². The van der Waals surface area contributed by atoms with Crippen LogP contribution in [0, 0.1) is 0 Å². The molecule has 132 valence electrons. The highest BCUT2D eigenvalue weighted by Crippen LogP contribution is 2.28. The monoisotopic (exact) mass is 340 g/mol. The molecule has 0 saturated carbocycles. The molecule has 0 aromatic carbocycles. The van der Waals surface area contributed by atoms with E-state index in [1.54, 1.807) is 6.20 Å². The molecule has 0 aliphatic carbocycles. The summed E-state index contributed by atoms with van der Waals surface area (Å²) >= 11 is 0. The number of hydrogen-bond donors (Lipinski definition) is 0. The smallest absolute Gasteiger partial charge is 0.270 e. The van der Waals surface area contributed by atoms with Crippen molar-refractivity contribution in [1.82, 2.24) is 14.5 Å². The van der Waals surface area contributed by atoms with Crippen LogP contribution in [0.2, 0.25) is 0 Å². The number of amides is 1. The molecule has 0 spiro atoms. The number of pyridine rings is 1. The fraction of sp³-hybridized carbons (Fsp3) is 0.474. The molecule has 2 atom stereocenters. The second-order valence-electron chi connectivity index (χ2n) is 6.76. The van der Waals surface area contributed by atoms with E-state index in [0.29, 0.717) is 6.04 Å². The Morgan fingerprint density at radius 3 is 2.84 bits per heavy atom. The van der Waals surface area contributed by atoms with Crippen LogP contribution in [0.4, 0.5) is 5.69 Å². The van der Waals surface area contributed by atoms with E-state index in [1.807, 2.05) is 47.1 Å². The van der Waals surface area contributed by atoms with Crippen molar-refractivity contribution in [3.05, 3.63) is 48.5 Å². The first-order chi connectivity index (χ1) is 12.2. The quantitative estimate of drug-likeness (QED) is 0.838. The molecule has 2 saturated heterocycles. The average molecular weight is 340 g/mol. The number of aromatic nitrogens is 2. The summed E-state index contributed by atoms with van der Waals surface area (Å²) in [6, 6.07) is 8.18. The number of carbonyl (C=O) groups is 1. The van der Waals surface area contributed by atoms with Crippen LogP contribution in [0.3, 0.4) is 0 Å². The van der Waals surface area contributed by atoms with Crippen LogP contribution >= 0.6 is 0 Å². The fourth-order valence-electron chi connectivity index (χ4n) is 3.97. The number of rotatable bonds is 2. The third-order valence-electron chi connectivity index (χ3n) is 5.30. The van der Waals surface area contributed by atoms with E-state index in [1.165, 1.54) is 0 Å². The average Bonchev–Trinajstić information content (AvgIpc) is 2.96. The Morgan fingerprint density at radius 1 is 1.20 bits per heavy atom. The number of aryl methyl sites for hydroxylation is 1. The van der Waals surface area contributed by atoms with Crippen LogP contribution in [0.1, 0.15) is 23.3 Å². The number of morpholine rings is 1. The van der Waals surface area contributed by atoms with Crippen molar-refractivity contribution < 1.29 is 9.53 Å². The van der Waals surface area contributed by atoms with Gasteiger partial charge in [0.2, 0.25) is 0 Å². The lowest BCUT2D eigenvalue weighted by Gasteiger charge is -2.41. The third-order valence-corrected chi connectivity index (χ3v) is 5.30. The number of ether oxygens (including phenoxy) is 1. The first-order valence-corrected chi connectivity index (χ1v) is 8.93. The largest absolute Gasteiger partial charge is 0.374 e. The van der Waals surface area contributed by atoms with Gasteiger partial charge in [0.15, 0.2) is 0 Å². The minimum Gasteiger partial charge on any atom is -0.374 e. The fourth-order valence-corrected chi connectivity index (χ4v) is 3.97. The summed E-state index contributed by atoms with van der Waals surface area (Å²) < 4.78 is 7.94. The van der Waals surface area contributed by atoms with Crippen LogP contribution in [0.25, 0.3) is 0 Å². The molecule has 6 nitrogen and oxygen atoms in total. The standard InChI is InChI=1S/C19H24N4O2/c1-21-9-3-5-17(21)19(24)22-10-6-16-18(7-11-22)25-13-12-23(16)15-4-2-8-20-14-15/h2-5,8-9,14,16,18H,6-7,10-13H2,1H3/t16-,18+/m1/s1. The Bertz CT molecular complexity index is 730. The molecule has 0 unspecified atom stereocenters. The minimum absolute atomic E-state index is 0.110. The highest BCUT2D eigenvalue weighted by Gasteiger charge is 2.36. The Morgan fingerprint density at radius 2 is 2.08 bits per heavy atom. The Labute approximate surface area is 148 Å². The van der Waals surface area contributed by atoms with Crippen LogP contribution < -0.4 is 4.90 Å². The molecule has 4 heterocycles. The van der Waals surface area contributed by atoms with Crippen molar-refractivity contribution in [2.75, 3.05) is 31.1 Å². The molecule has 2 aromatic heterocycles. The maximum Gasteiger partial charge on any atom is 0.270 e. The molecule has 1 amide bonds. The predicted molar refractivity (Wildman–Crippen MR) is 95.7 cm³/mol. The van der Waals surface area contributed by atoms with Crippen molar-refractivity contribution in [3.8, 4) is 0 Å². The van der Waals surface area contributed by atoms with E-state index in [2.05, 4.69) is 16.0 Å². The molecular weight excluding hydrogens is 316 g/mol. The molecule has 0 N–H and O–H groups in total. The second kappa shape index (κ2) is 6.88. The summed E-state index contributed by atoms with van der Waals surface area (Å²) in [6.07, 6.45) is 7.58. The molecule has 2 aliphatic rings. The van der Waals surface area contributed by atoms with E-state index < -0.39 is 0 Å². The molecule has 4 rings (SSSR count). The number of fused-ring (bicyclic) bond motifs is 1. The third kappa shape index (κ3) is 3.14. The van der Waals surface area contributed by atoms with Crippen LogP contribution in [0.15, 0.2) is 42.9 Å². The van der Waals surface area contributed by atoms with Gasteiger partial charge in [0.25, 0.3) is 5.91 Å². The lowest BCUT2D eigenvalue weighted by atomic mass is 10.0. The Kier molecular flexibility index (Phi) is 4.44. The first kappa shape index (κ1) is 16.1. The Hall–Kier alpha value is -2.34. The highest BCUT2D eigenvalue weighted by atomic mass is 16.5. The number of hydrogen-bond acceptors (Lipinski definition) is 4. The van der Waals surface area contributed by atoms with E-state index in [4.69, 9.17) is 4.74 Å². The summed E-state index contributed by atoms with van der Waals surface area (Å²) in [5.74, 6) is 0.110. The molecule has 2 aromatic rings. The number of carbonyl (C=O) groups excluding carboxylic acids is 1. The van der Waals surface area contributed by atoms with Gasteiger partial charge in [-0.3, -0.25) is 9.78 Å². The van der Waals surface area contributed by atoms with Gasteiger partial charge in [0, 0.05) is 39.1 Å². The number of likely N-dealkylation sites (tertiary alicyclic amines) is 1. The van der Waals surface area contributed by atoms with Gasteiger partial charge in [0.1, 0.15) is 5.69 Å². The van der Waals surface area contributed by atoms with Gasteiger partial charge in [-0.1, -0.05) is 0 Å². The Balaban J connectivity index is 1.51. The van der Waals surface area contributed by atoms with Crippen molar-refractivity contribution in [2.45, 2.75) is 25.0 Å². The maximum absolute atomic E-state index is 12.8.